The lowest BCUT2D eigenvalue weighted by molar-refractivity contribution is -0.143. The van der Waals surface area contributed by atoms with Gasteiger partial charge in [0.2, 0.25) is 0 Å². The van der Waals surface area contributed by atoms with Crippen LogP contribution in [0.2, 0.25) is 0 Å². The van der Waals surface area contributed by atoms with Gasteiger partial charge >= 0.3 is 5.97 Å². The molecule has 0 N–H and O–H groups in total. The predicted octanol–water partition coefficient (Wildman–Crippen LogP) is 1.88. The number of nitrogens with zero attached hydrogens (tertiary/aromatic N) is 2. The zero-order chi connectivity index (χ0) is 12.4. The molecule has 1 saturated heterocycles. The van der Waals surface area contributed by atoms with E-state index in [-0.39, 0.29) is 17.3 Å². The molecule has 2 rings (SSSR count). The summed E-state index contributed by atoms with van der Waals surface area (Å²) < 4.78 is 5.25. The van der Waals surface area contributed by atoms with E-state index in [2.05, 4.69) is 11.0 Å². The van der Waals surface area contributed by atoms with E-state index in [1.54, 1.807) is 0 Å². The van der Waals surface area contributed by atoms with E-state index < -0.39 is 0 Å². The second kappa shape index (κ2) is 5.01. The minimum atomic E-state index is -0.217. The van der Waals surface area contributed by atoms with E-state index in [9.17, 15) is 4.79 Å². The van der Waals surface area contributed by atoms with Gasteiger partial charge in [-0.1, -0.05) is 11.8 Å². The number of hydrogen-bond donors (Lipinski definition) is 0. The molecule has 1 fully saturated rings. The average Bonchev–Trinajstić information content (AvgIpc) is 2.70. The van der Waals surface area contributed by atoms with E-state index >= 15 is 0 Å². The second-order valence-electron chi connectivity index (χ2n) is 4.52. The molecule has 2 heterocycles. The van der Waals surface area contributed by atoms with Gasteiger partial charge in [0.15, 0.2) is 0 Å². The summed E-state index contributed by atoms with van der Waals surface area (Å²) in [4.78, 5) is 14.1. The number of ether oxygens (including phenoxy) is 1. The van der Waals surface area contributed by atoms with Crippen molar-refractivity contribution in [3.8, 4) is 6.07 Å². The number of hydrogen-bond acceptors (Lipinski definition) is 5. The Morgan fingerprint density at radius 2 is 2.41 bits per heavy atom. The first-order valence-electron chi connectivity index (χ1n) is 5.87. The standard InChI is InChI=1S/C12H16N2O2S/c1-8(2)16-12(15)10-4-3-5-14-7-9(6-13)17-11(10)14/h8-9H,3-5,7H2,1-2H3. The van der Waals surface area contributed by atoms with Crippen molar-refractivity contribution < 1.29 is 9.53 Å². The topological polar surface area (TPSA) is 53.3 Å². The summed E-state index contributed by atoms with van der Waals surface area (Å²) in [5.41, 5.74) is 0.757. The molecule has 2 aliphatic heterocycles. The van der Waals surface area contributed by atoms with Gasteiger partial charge in [-0.2, -0.15) is 5.26 Å². The third-order valence-corrected chi connectivity index (χ3v) is 4.04. The van der Waals surface area contributed by atoms with Crippen molar-refractivity contribution in [1.29, 1.82) is 5.26 Å². The van der Waals surface area contributed by atoms with E-state index in [1.807, 2.05) is 13.8 Å². The number of carbonyl (C=O) groups excluding carboxylic acids is 1. The van der Waals surface area contributed by atoms with Crippen molar-refractivity contribution >= 4 is 17.7 Å². The molecule has 0 radical (unpaired) electrons. The fourth-order valence-corrected chi connectivity index (χ4v) is 3.30. The van der Waals surface area contributed by atoms with Gasteiger partial charge in [0.25, 0.3) is 0 Å². The van der Waals surface area contributed by atoms with Crippen molar-refractivity contribution in [2.45, 2.75) is 38.0 Å². The van der Waals surface area contributed by atoms with Gasteiger partial charge in [-0.3, -0.25) is 0 Å². The molecule has 0 aliphatic carbocycles. The molecule has 0 spiro atoms. The Hall–Kier alpha value is -1.15. The molecule has 0 amide bonds. The lowest BCUT2D eigenvalue weighted by atomic mass is 10.1. The van der Waals surface area contributed by atoms with Crippen LogP contribution in [0.15, 0.2) is 10.6 Å². The molecular weight excluding hydrogens is 236 g/mol. The lowest BCUT2D eigenvalue weighted by Crippen LogP contribution is -2.28. The maximum Gasteiger partial charge on any atom is 0.336 e. The summed E-state index contributed by atoms with van der Waals surface area (Å²) in [6.45, 7) is 5.38. The third-order valence-electron chi connectivity index (χ3n) is 2.77. The summed E-state index contributed by atoms with van der Waals surface area (Å²) in [6, 6.07) is 2.26. The number of esters is 1. The molecule has 5 heteroatoms. The van der Waals surface area contributed by atoms with Gasteiger partial charge in [-0.25, -0.2) is 4.79 Å². The van der Waals surface area contributed by atoms with Gasteiger partial charge in [0.1, 0.15) is 5.25 Å². The van der Waals surface area contributed by atoms with Gasteiger partial charge < -0.3 is 9.64 Å². The van der Waals surface area contributed by atoms with Crippen LogP contribution in [-0.4, -0.2) is 35.3 Å². The Balaban J connectivity index is 2.20. The molecular formula is C12H16N2O2S. The second-order valence-corrected chi connectivity index (χ2v) is 5.71. The molecule has 0 bridgehead atoms. The van der Waals surface area contributed by atoms with E-state index in [0.717, 1.165) is 36.5 Å². The monoisotopic (exact) mass is 252 g/mol. The van der Waals surface area contributed by atoms with Gasteiger partial charge in [-0.05, 0) is 26.7 Å². The summed E-state index contributed by atoms with van der Waals surface area (Å²) in [5.74, 6) is -0.217. The van der Waals surface area contributed by atoms with Crippen LogP contribution in [0.3, 0.4) is 0 Å². The number of rotatable bonds is 2. The van der Waals surface area contributed by atoms with Gasteiger partial charge in [0, 0.05) is 13.1 Å². The van der Waals surface area contributed by atoms with E-state index in [0.29, 0.717) is 0 Å². The molecule has 0 aromatic heterocycles. The highest BCUT2D eigenvalue weighted by atomic mass is 32.2. The summed E-state index contributed by atoms with van der Waals surface area (Å²) >= 11 is 1.50. The summed E-state index contributed by atoms with van der Waals surface area (Å²) in [5, 5.41) is 9.86. The number of carbonyl (C=O) groups is 1. The van der Waals surface area contributed by atoms with Crippen LogP contribution in [0.25, 0.3) is 0 Å². The zero-order valence-corrected chi connectivity index (χ0v) is 10.9. The zero-order valence-electron chi connectivity index (χ0n) is 10.1. The van der Waals surface area contributed by atoms with Gasteiger partial charge in [-0.15, -0.1) is 0 Å². The molecule has 17 heavy (non-hydrogen) atoms. The van der Waals surface area contributed by atoms with Crippen LogP contribution in [0.1, 0.15) is 26.7 Å². The minimum absolute atomic E-state index is 0.0510. The van der Waals surface area contributed by atoms with Crippen LogP contribution in [0, 0.1) is 11.3 Å². The van der Waals surface area contributed by atoms with Crippen LogP contribution in [0.5, 0.6) is 0 Å². The van der Waals surface area contributed by atoms with Crippen molar-refractivity contribution in [2.75, 3.05) is 13.1 Å². The predicted molar refractivity (Wildman–Crippen MR) is 66.1 cm³/mol. The molecule has 1 unspecified atom stereocenters. The Bertz CT molecular complexity index is 398. The first-order valence-corrected chi connectivity index (χ1v) is 6.75. The average molecular weight is 252 g/mol. The maximum atomic E-state index is 11.9. The highest BCUT2D eigenvalue weighted by molar-refractivity contribution is 8.04. The quantitative estimate of drug-likeness (QED) is 0.702. The highest BCUT2D eigenvalue weighted by Crippen LogP contribution is 2.40. The number of nitriles is 1. The normalized spacial score (nSPS) is 23.6. The largest absolute Gasteiger partial charge is 0.460 e. The van der Waals surface area contributed by atoms with Crippen molar-refractivity contribution in [2.24, 2.45) is 0 Å². The third kappa shape index (κ3) is 2.58. The maximum absolute atomic E-state index is 11.9. The smallest absolute Gasteiger partial charge is 0.336 e. The fraction of sp³-hybridized carbons (Fsp3) is 0.667. The molecule has 1 atom stereocenters. The molecule has 92 valence electrons. The minimum Gasteiger partial charge on any atom is -0.460 e. The molecule has 0 aromatic rings. The molecule has 2 aliphatic rings. The molecule has 4 nitrogen and oxygen atoms in total. The first kappa shape index (κ1) is 12.3. The van der Waals surface area contributed by atoms with E-state index in [1.165, 1.54) is 11.8 Å². The molecule has 0 saturated carbocycles. The summed E-state index contributed by atoms with van der Waals surface area (Å²) in [7, 11) is 0. The van der Waals surface area contributed by atoms with Crippen LogP contribution < -0.4 is 0 Å². The highest BCUT2D eigenvalue weighted by Gasteiger charge is 2.34. The van der Waals surface area contributed by atoms with Crippen LogP contribution >= 0.6 is 11.8 Å². The summed E-state index contributed by atoms with van der Waals surface area (Å²) in [6.07, 6.45) is 1.64. The van der Waals surface area contributed by atoms with Gasteiger partial charge in [0.05, 0.1) is 22.8 Å². The van der Waals surface area contributed by atoms with Crippen LogP contribution in [0.4, 0.5) is 0 Å². The van der Waals surface area contributed by atoms with Crippen molar-refractivity contribution in [3.63, 3.8) is 0 Å². The van der Waals surface area contributed by atoms with Crippen molar-refractivity contribution in [1.82, 2.24) is 4.90 Å². The lowest BCUT2D eigenvalue weighted by Gasteiger charge is -2.26. The van der Waals surface area contributed by atoms with E-state index in [4.69, 9.17) is 10.00 Å². The Kier molecular flexibility index (Phi) is 3.63. The van der Waals surface area contributed by atoms with Crippen molar-refractivity contribution in [3.05, 3.63) is 10.6 Å². The Morgan fingerprint density at radius 3 is 3.06 bits per heavy atom. The Labute approximate surface area is 106 Å². The number of fused-ring (bicyclic) bond motifs is 1. The first-order chi connectivity index (χ1) is 8.11. The fourth-order valence-electron chi connectivity index (χ4n) is 2.08. The SMILES string of the molecule is CC(C)OC(=O)C1=C2SC(C#N)CN2CCC1. The molecule has 0 aromatic carbocycles. The Morgan fingerprint density at radius 1 is 1.65 bits per heavy atom. The van der Waals surface area contributed by atoms with Crippen LogP contribution in [-0.2, 0) is 9.53 Å². The number of thioether (sulfide) groups is 1.